The van der Waals surface area contributed by atoms with Crippen molar-refractivity contribution in [2.24, 2.45) is 0 Å². The van der Waals surface area contributed by atoms with E-state index in [2.05, 4.69) is 31.1 Å². The van der Waals surface area contributed by atoms with Crippen molar-refractivity contribution in [1.82, 2.24) is 0 Å². The van der Waals surface area contributed by atoms with E-state index in [1.54, 1.807) is 0 Å². The van der Waals surface area contributed by atoms with Gasteiger partial charge in [0.2, 0.25) is 0 Å². The van der Waals surface area contributed by atoms with Gasteiger partial charge in [-0.2, -0.15) is 0 Å². The van der Waals surface area contributed by atoms with Gasteiger partial charge in [0.1, 0.15) is 6.61 Å². The molecule has 0 aromatic heterocycles. The Bertz CT molecular complexity index is 342. The highest BCUT2D eigenvalue weighted by Gasteiger charge is 1.90. The minimum absolute atomic E-state index is 0.176. The van der Waals surface area contributed by atoms with Crippen molar-refractivity contribution in [3.8, 4) is 0 Å². The molecule has 0 aliphatic rings. The average molecular weight is 270 g/mol. The van der Waals surface area contributed by atoms with Gasteiger partial charge in [-0.1, -0.05) is 32.4 Å². The van der Waals surface area contributed by atoms with Crippen LogP contribution in [0.3, 0.4) is 0 Å². The molecule has 0 aliphatic carbocycles. The number of carbonyl (C=O) groups excluding carboxylic acids is 1. The zero-order valence-corrected chi connectivity index (χ0v) is 10.8. The third-order valence-electron chi connectivity index (χ3n) is 1.05. The van der Waals surface area contributed by atoms with Gasteiger partial charge in [-0.15, -0.1) is 0 Å². The summed E-state index contributed by atoms with van der Waals surface area (Å²) in [6.07, 6.45) is 3.45. The Morgan fingerprint density at radius 1 is 1.11 bits per heavy atom. The van der Waals surface area contributed by atoms with Gasteiger partial charge < -0.3 is 14.9 Å². The molecule has 0 atom stereocenters. The van der Waals surface area contributed by atoms with Crippen LogP contribution in [0.25, 0.3) is 0 Å². The number of carbonyl (C=O) groups is 3. The van der Waals surface area contributed by atoms with Gasteiger partial charge in [0.15, 0.2) is 0 Å². The molecule has 0 unspecified atom stereocenters. The smallest absolute Gasteiger partial charge is 0.330 e. The zero-order valence-electron chi connectivity index (χ0n) is 10.8. The predicted molar refractivity (Wildman–Crippen MR) is 71.6 cm³/mol. The molecule has 2 N–H and O–H groups in total. The summed E-state index contributed by atoms with van der Waals surface area (Å²) in [5.41, 5.74) is 0.176. The fourth-order valence-electron chi connectivity index (χ4n) is 0.200. The average Bonchev–Trinajstić information content (AvgIpc) is 2.37. The van der Waals surface area contributed by atoms with Crippen molar-refractivity contribution in [3.63, 3.8) is 0 Å². The molecule has 0 aliphatic heterocycles. The minimum atomic E-state index is -0.981. The van der Waals surface area contributed by atoms with Crippen LogP contribution in [0.4, 0.5) is 0 Å². The zero-order chi connectivity index (χ0) is 15.8. The Morgan fingerprint density at radius 2 is 1.47 bits per heavy atom. The van der Waals surface area contributed by atoms with Crippen LogP contribution in [0.1, 0.15) is 6.92 Å². The first-order valence-corrected chi connectivity index (χ1v) is 4.87. The predicted octanol–water partition coefficient (Wildman–Crippen LogP) is 1.81. The molecule has 0 heterocycles. The first kappa shape index (κ1) is 21.6. The summed E-state index contributed by atoms with van der Waals surface area (Å²) < 4.78 is 4.47. The van der Waals surface area contributed by atoms with Crippen LogP contribution < -0.4 is 0 Å². The van der Waals surface area contributed by atoms with Crippen molar-refractivity contribution in [2.45, 2.75) is 6.92 Å². The number of hydrogen-bond donors (Lipinski definition) is 2. The van der Waals surface area contributed by atoms with Crippen LogP contribution in [-0.2, 0) is 19.1 Å². The summed E-state index contributed by atoms with van der Waals surface area (Å²) >= 11 is 0. The third-order valence-corrected chi connectivity index (χ3v) is 1.05. The molecule has 0 rings (SSSR count). The van der Waals surface area contributed by atoms with Gasteiger partial charge >= 0.3 is 17.9 Å². The van der Waals surface area contributed by atoms with Gasteiger partial charge in [0.25, 0.3) is 0 Å². The molecule has 0 fully saturated rings. The molecule has 0 saturated heterocycles. The lowest BCUT2D eigenvalue weighted by atomic mass is 10.4. The molecular weight excluding hydrogens is 252 g/mol. The molecule has 6 nitrogen and oxygen atoms in total. The van der Waals surface area contributed by atoms with Gasteiger partial charge in [-0.05, 0) is 6.92 Å². The first-order valence-electron chi connectivity index (χ1n) is 4.87. The summed E-state index contributed by atoms with van der Waals surface area (Å²) in [7, 11) is 0. The Morgan fingerprint density at radius 3 is 1.63 bits per heavy atom. The van der Waals surface area contributed by atoms with E-state index in [1.807, 2.05) is 0 Å². The highest BCUT2D eigenvalue weighted by Crippen LogP contribution is 1.81. The second-order valence-electron chi connectivity index (χ2n) is 2.75. The summed E-state index contributed by atoms with van der Waals surface area (Å²) in [6.45, 7) is 14.4. The van der Waals surface area contributed by atoms with E-state index < -0.39 is 17.9 Å². The number of ether oxygens (including phenoxy) is 1. The lowest BCUT2D eigenvalue weighted by Crippen LogP contribution is -1.98. The second kappa shape index (κ2) is 15.4. The number of rotatable bonds is 5. The number of carboxylic acid groups (broad SMARTS) is 2. The molecule has 0 saturated carbocycles. The van der Waals surface area contributed by atoms with Crippen molar-refractivity contribution < 1.29 is 29.3 Å². The molecule has 0 amide bonds. The Hall–Kier alpha value is -2.63. The molecule has 0 radical (unpaired) electrons. The highest BCUT2D eigenvalue weighted by molar-refractivity contribution is 5.84. The lowest BCUT2D eigenvalue weighted by molar-refractivity contribution is -0.136. The molecule has 0 bridgehead atoms. The molecule has 6 heteroatoms. The van der Waals surface area contributed by atoms with E-state index >= 15 is 0 Å². The fraction of sp³-hybridized carbons (Fsp3) is 0.154. The topological polar surface area (TPSA) is 101 Å². The highest BCUT2D eigenvalue weighted by atomic mass is 16.5. The fourth-order valence-corrected chi connectivity index (χ4v) is 0.200. The summed E-state index contributed by atoms with van der Waals surface area (Å²) in [4.78, 5) is 29.0. The Balaban J connectivity index is -0.000000209. The number of carboxylic acids is 2. The quantitative estimate of drug-likeness (QED) is 0.449. The van der Waals surface area contributed by atoms with Crippen LogP contribution in [-0.4, -0.2) is 34.7 Å². The SMILES string of the molecule is C=C(C)C(=O)O.C=CC(=O)O.C=CCOC(=O)C=C. The van der Waals surface area contributed by atoms with Gasteiger partial charge in [0.05, 0.1) is 0 Å². The summed E-state index contributed by atoms with van der Waals surface area (Å²) in [6, 6.07) is 0. The van der Waals surface area contributed by atoms with E-state index in [9.17, 15) is 14.4 Å². The van der Waals surface area contributed by atoms with E-state index in [0.717, 1.165) is 12.2 Å². The standard InChI is InChI=1S/C6H8O2.C4H6O2.C3H4O2/c1-3-5-8-6(7)4-2;1-3(2)4(5)6;1-2-3(4)5/h3-4H,1-2,5H2;1H2,2H3,(H,5,6);2H,1H2,(H,4,5). The van der Waals surface area contributed by atoms with Crippen LogP contribution >= 0.6 is 0 Å². The molecule has 19 heavy (non-hydrogen) atoms. The van der Waals surface area contributed by atoms with Crippen LogP contribution in [0.15, 0.2) is 50.1 Å². The molecular formula is C13H18O6. The van der Waals surface area contributed by atoms with Crippen LogP contribution in [0, 0.1) is 0 Å². The number of esters is 1. The lowest BCUT2D eigenvalue weighted by Gasteiger charge is -1.92. The normalized spacial score (nSPS) is 7.21. The summed E-state index contributed by atoms with van der Waals surface area (Å²) in [5.74, 6) is -2.33. The number of aliphatic carboxylic acids is 2. The molecule has 0 aromatic rings. The maximum atomic E-state index is 10.2. The minimum Gasteiger partial charge on any atom is -0.478 e. The Kier molecular flexibility index (Phi) is 17.5. The van der Waals surface area contributed by atoms with Crippen LogP contribution in [0.2, 0.25) is 0 Å². The van der Waals surface area contributed by atoms with Crippen molar-refractivity contribution in [2.75, 3.05) is 6.61 Å². The summed E-state index contributed by atoms with van der Waals surface area (Å²) in [5, 5.41) is 15.5. The van der Waals surface area contributed by atoms with Crippen molar-refractivity contribution >= 4 is 17.9 Å². The van der Waals surface area contributed by atoms with Gasteiger partial charge in [-0.25, -0.2) is 14.4 Å². The van der Waals surface area contributed by atoms with E-state index in [-0.39, 0.29) is 12.2 Å². The maximum Gasteiger partial charge on any atom is 0.330 e. The van der Waals surface area contributed by atoms with Crippen molar-refractivity contribution in [1.29, 1.82) is 0 Å². The molecule has 0 aromatic carbocycles. The first-order chi connectivity index (χ1) is 8.72. The molecule has 106 valence electrons. The van der Waals surface area contributed by atoms with Crippen molar-refractivity contribution in [3.05, 3.63) is 50.1 Å². The second-order valence-corrected chi connectivity index (χ2v) is 2.75. The maximum absolute atomic E-state index is 10.2. The van der Waals surface area contributed by atoms with Gasteiger partial charge in [-0.3, -0.25) is 0 Å². The van der Waals surface area contributed by atoms with E-state index in [4.69, 9.17) is 10.2 Å². The number of hydrogen-bond acceptors (Lipinski definition) is 4. The Labute approximate surface area is 112 Å². The van der Waals surface area contributed by atoms with E-state index in [1.165, 1.54) is 13.0 Å². The monoisotopic (exact) mass is 270 g/mol. The van der Waals surface area contributed by atoms with Gasteiger partial charge in [0, 0.05) is 17.7 Å². The third kappa shape index (κ3) is 31.3. The largest absolute Gasteiger partial charge is 0.478 e. The van der Waals surface area contributed by atoms with E-state index in [0.29, 0.717) is 0 Å². The molecule has 0 spiro atoms. The van der Waals surface area contributed by atoms with Crippen LogP contribution in [0.5, 0.6) is 0 Å².